The topological polar surface area (TPSA) is 63.6 Å². The van der Waals surface area contributed by atoms with Crippen molar-refractivity contribution in [3.63, 3.8) is 0 Å². The molecule has 0 saturated heterocycles. The summed E-state index contributed by atoms with van der Waals surface area (Å²) in [5.74, 6) is -3.68. The molecule has 0 amide bonds. The molecule has 0 aromatic heterocycles. The van der Waals surface area contributed by atoms with Crippen molar-refractivity contribution in [2.45, 2.75) is 6.92 Å². The summed E-state index contributed by atoms with van der Waals surface area (Å²) >= 11 is 0. The molecule has 0 heterocycles. The van der Waals surface area contributed by atoms with E-state index in [1.54, 1.807) is 6.92 Å². The second kappa shape index (κ2) is 6.34. The van der Waals surface area contributed by atoms with Crippen molar-refractivity contribution in [1.82, 2.24) is 0 Å². The van der Waals surface area contributed by atoms with Gasteiger partial charge < -0.3 is 9.84 Å². The molecule has 2 rings (SSSR count). The number of carboxylic acids is 1. The van der Waals surface area contributed by atoms with E-state index in [1.807, 2.05) is 0 Å². The second-order valence-electron chi connectivity index (χ2n) is 4.41. The second-order valence-corrected chi connectivity index (χ2v) is 4.41. The third-order valence-electron chi connectivity index (χ3n) is 2.99. The third-order valence-corrected chi connectivity index (χ3v) is 2.99. The van der Waals surface area contributed by atoms with E-state index in [0.29, 0.717) is 0 Å². The number of hydrogen-bond donors (Lipinski definition) is 1. The number of esters is 1. The van der Waals surface area contributed by atoms with Crippen LogP contribution in [0.5, 0.6) is 0 Å². The summed E-state index contributed by atoms with van der Waals surface area (Å²) in [4.78, 5) is 22.3. The van der Waals surface area contributed by atoms with E-state index in [9.17, 15) is 18.4 Å². The molecule has 22 heavy (non-hydrogen) atoms. The molecule has 0 saturated carbocycles. The lowest BCUT2D eigenvalue weighted by Crippen LogP contribution is -2.07. The van der Waals surface area contributed by atoms with Gasteiger partial charge in [0.1, 0.15) is 11.6 Å². The maximum Gasteiger partial charge on any atom is 0.341 e. The SMILES string of the molecule is CCOC(=O)c1ccc(-c2ccc(C(=O)O)cc2F)cc1F. The summed E-state index contributed by atoms with van der Waals surface area (Å²) in [6.45, 7) is 1.72. The fraction of sp³-hybridized carbons (Fsp3) is 0.125. The number of carbonyl (C=O) groups excluding carboxylic acids is 1. The number of ether oxygens (including phenoxy) is 1. The van der Waals surface area contributed by atoms with Gasteiger partial charge in [0.05, 0.1) is 17.7 Å². The van der Waals surface area contributed by atoms with Crippen LogP contribution in [0.4, 0.5) is 8.78 Å². The Kier molecular flexibility index (Phi) is 4.50. The standard InChI is InChI=1S/C16H12F2O4/c1-2-22-16(21)12-6-3-9(7-14(12)18)11-5-4-10(15(19)20)8-13(11)17/h3-8H,2H2,1H3,(H,19,20). The van der Waals surface area contributed by atoms with Gasteiger partial charge >= 0.3 is 11.9 Å². The maximum atomic E-state index is 13.9. The summed E-state index contributed by atoms with van der Waals surface area (Å²) in [6.07, 6.45) is 0. The van der Waals surface area contributed by atoms with Crippen LogP contribution in [0.3, 0.4) is 0 Å². The summed E-state index contributed by atoms with van der Waals surface area (Å²) in [6, 6.07) is 6.90. The minimum Gasteiger partial charge on any atom is -0.478 e. The molecule has 0 fully saturated rings. The van der Waals surface area contributed by atoms with Gasteiger partial charge in [-0.25, -0.2) is 18.4 Å². The van der Waals surface area contributed by atoms with Crippen molar-refractivity contribution in [3.8, 4) is 11.1 Å². The van der Waals surface area contributed by atoms with Crippen LogP contribution in [0, 0.1) is 11.6 Å². The van der Waals surface area contributed by atoms with E-state index < -0.39 is 23.6 Å². The largest absolute Gasteiger partial charge is 0.478 e. The lowest BCUT2D eigenvalue weighted by Gasteiger charge is -2.07. The van der Waals surface area contributed by atoms with Crippen LogP contribution in [0.1, 0.15) is 27.6 Å². The molecular formula is C16H12F2O4. The lowest BCUT2D eigenvalue weighted by molar-refractivity contribution is 0.0520. The van der Waals surface area contributed by atoms with Crippen molar-refractivity contribution >= 4 is 11.9 Å². The first kappa shape index (κ1) is 15.6. The van der Waals surface area contributed by atoms with Crippen LogP contribution in [-0.4, -0.2) is 23.7 Å². The first-order valence-corrected chi connectivity index (χ1v) is 6.44. The monoisotopic (exact) mass is 306 g/mol. The number of halogens is 2. The molecule has 4 nitrogen and oxygen atoms in total. The minimum absolute atomic E-state index is 0.0410. The van der Waals surface area contributed by atoms with E-state index in [4.69, 9.17) is 9.84 Å². The van der Waals surface area contributed by atoms with Crippen molar-refractivity contribution in [2.24, 2.45) is 0 Å². The molecule has 0 radical (unpaired) electrons. The number of benzene rings is 2. The molecule has 0 atom stereocenters. The first-order valence-electron chi connectivity index (χ1n) is 6.44. The van der Waals surface area contributed by atoms with Gasteiger partial charge in [0, 0.05) is 5.56 Å². The van der Waals surface area contributed by atoms with Crippen LogP contribution in [-0.2, 0) is 4.74 Å². The average Bonchev–Trinajstić information content (AvgIpc) is 2.47. The van der Waals surface area contributed by atoms with Crippen molar-refractivity contribution in [2.75, 3.05) is 6.61 Å². The Labute approximate surface area is 125 Å². The van der Waals surface area contributed by atoms with Crippen molar-refractivity contribution in [1.29, 1.82) is 0 Å². The fourth-order valence-corrected chi connectivity index (χ4v) is 1.94. The maximum absolute atomic E-state index is 13.9. The zero-order valence-electron chi connectivity index (χ0n) is 11.6. The zero-order chi connectivity index (χ0) is 16.3. The van der Waals surface area contributed by atoms with Gasteiger partial charge in [-0.3, -0.25) is 0 Å². The number of aromatic carboxylic acids is 1. The molecular weight excluding hydrogens is 294 g/mol. The Morgan fingerprint density at radius 2 is 1.82 bits per heavy atom. The van der Waals surface area contributed by atoms with E-state index >= 15 is 0 Å². The molecule has 6 heteroatoms. The molecule has 114 valence electrons. The van der Waals surface area contributed by atoms with Gasteiger partial charge in [-0.05, 0) is 36.8 Å². The van der Waals surface area contributed by atoms with Crippen LogP contribution in [0.25, 0.3) is 11.1 Å². The molecule has 0 aliphatic carbocycles. The Morgan fingerprint density at radius 1 is 1.09 bits per heavy atom. The van der Waals surface area contributed by atoms with Gasteiger partial charge in [-0.2, -0.15) is 0 Å². The Hall–Kier alpha value is -2.76. The van der Waals surface area contributed by atoms with Gasteiger partial charge in [0.25, 0.3) is 0 Å². The highest BCUT2D eigenvalue weighted by atomic mass is 19.1. The molecule has 2 aromatic carbocycles. The normalized spacial score (nSPS) is 10.3. The van der Waals surface area contributed by atoms with Crippen LogP contribution >= 0.6 is 0 Å². The Balaban J connectivity index is 2.40. The van der Waals surface area contributed by atoms with E-state index in [1.165, 1.54) is 24.3 Å². The highest BCUT2D eigenvalue weighted by Crippen LogP contribution is 2.26. The van der Waals surface area contributed by atoms with Gasteiger partial charge in [-0.15, -0.1) is 0 Å². The first-order chi connectivity index (χ1) is 10.4. The molecule has 0 spiro atoms. The quantitative estimate of drug-likeness (QED) is 0.878. The smallest absolute Gasteiger partial charge is 0.341 e. The predicted molar refractivity (Wildman–Crippen MR) is 74.7 cm³/mol. The fourth-order valence-electron chi connectivity index (χ4n) is 1.94. The van der Waals surface area contributed by atoms with Crippen LogP contribution < -0.4 is 0 Å². The highest BCUT2D eigenvalue weighted by molar-refractivity contribution is 5.91. The summed E-state index contributed by atoms with van der Waals surface area (Å²) < 4.78 is 32.6. The van der Waals surface area contributed by atoms with E-state index in [0.717, 1.165) is 12.1 Å². The van der Waals surface area contributed by atoms with Gasteiger partial charge in [0.2, 0.25) is 0 Å². The highest BCUT2D eigenvalue weighted by Gasteiger charge is 2.15. The molecule has 1 N–H and O–H groups in total. The minimum atomic E-state index is -1.26. The summed E-state index contributed by atoms with van der Waals surface area (Å²) in [5.41, 5.74) is -0.211. The Morgan fingerprint density at radius 3 is 2.36 bits per heavy atom. The average molecular weight is 306 g/mol. The predicted octanol–water partition coefficient (Wildman–Crippen LogP) is 3.51. The molecule has 0 aliphatic rings. The van der Waals surface area contributed by atoms with E-state index in [2.05, 4.69) is 0 Å². The molecule has 2 aromatic rings. The molecule has 0 bridgehead atoms. The number of hydrogen-bond acceptors (Lipinski definition) is 3. The lowest BCUT2D eigenvalue weighted by atomic mass is 10.0. The van der Waals surface area contributed by atoms with Crippen LogP contribution in [0.15, 0.2) is 36.4 Å². The Bertz CT molecular complexity index is 741. The van der Waals surface area contributed by atoms with E-state index in [-0.39, 0.29) is 28.9 Å². The molecule has 0 unspecified atom stereocenters. The zero-order valence-corrected chi connectivity index (χ0v) is 11.6. The van der Waals surface area contributed by atoms with Crippen molar-refractivity contribution < 1.29 is 28.2 Å². The van der Waals surface area contributed by atoms with Gasteiger partial charge in [0.15, 0.2) is 0 Å². The number of carboxylic acid groups (broad SMARTS) is 1. The van der Waals surface area contributed by atoms with Crippen LogP contribution in [0.2, 0.25) is 0 Å². The number of carbonyl (C=O) groups is 2. The van der Waals surface area contributed by atoms with Crippen molar-refractivity contribution in [3.05, 3.63) is 59.2 Å². The number of rotatable bonds is 4. The summed E-state index contributed by atoms with van der Waals surface area (Å²) in [5, 5.41) is 8.78. The molecule has 0 aliphatic heterocycles. The van der Waals surface area contributed by atoms with Gasteiger partial charge in [-0.1, -0.05) is 12.1 Å². The summed E-state index contributed by atoms with van der Waals surface area (Å²) in [7, 11) is 0. The third kappa shape index (κ3) is 3.11.